The van der Waals surface area contributed by atoms with Crippen LogP contribution >= 0.6 is 0 Å². The van der Waals surface area contributed by atoms with Crippen molar-refractivity contribution in [2.24, 2.45) is 0 Å². The van der Waals surface area contributed by atoms with Crippen LogP contribution in [0.4, 0.5) is 5.69 Å². The number of anilines is 1. The van der Waals surface area contributed by atoms with E-state index in [1.54, 1.807) is 0 Å². The Labute approximate surface area is 86.2 Å². The molecule has 0 aliphatic heterocycles. The van der Waals surface area contributed by atoms with Gasteiger partial charge in [0.1, 0.15) is 0 Å². The van der Waals surface area contributed by atoms with Crippen molar-refractivity contribution < 1.29 is 0 Å². The Kier molecular flexibility index (Phi) is 3.99. The highest BCUT2D eigenvalue weighted by atomic mass is 14.8. The third-order valence-corrected chi connectivity index (χ3v) is 2.16. The lowest BCUT2D eigenvalue weighted by Crippen LogP contribution is -1.87. The van der Waals surface area contributed by atoms with Crippen molar-refractivity contribution in [3.8, 4) is 0 Å². The van der Waals surface area contributed by atoms with E-state index in [-0.39, 0.29) is 0 Å². The molecule has 0 amide bonds. The van der Waals surface area contributed by atoms with Gasteiger partial charge in [-0.15, -0.1) is 0 Å². The van der Waals surface area contributed by atoms with E-state index in [1.165, 1.54) is 11.1 Å². The molecule has 0 radical (unpaired) electrons. The minimum atomic E-state index is 1.14. The van der Waals surface area contributed by atoms with Gasteiger partial charge in [-0.1, -0.05) is 30.4 Å². The first-order valence-electron chi connectivity index (χ1n) is 4.89. The molecular formula is C13H17N. The molecule has 14 heavy (non-hydrogen) atoms. The van der Waals surface area contributed by atoms with Crippen LogP contribution in [0, 0.1) is 0 Å². The van der Waals surface area contributed by atoms with Crippen LogP contribution in [0.2, 0.25) is 0 Å². The second-order valence-corrected chi connectivity index (χ2v) is 3.07. The summed E-state index contributed by atoms with van der Waals surface area (Å²) in [6.45, 7) is 4.09. The first-order chi connectivity index (χ1) is 6.81. The third kappa shape index (κ3) is 2.49. The van der Waals surface area contributed by atoms with E-state index in [1.807, 2.05) is 14.0 Å². The summed E-state index contributed by atoms with van der Waals surface area (Å²) < 4.78 is 0. The van der Waals surface area contributed by atoms with E-state index in [4.69, 9.17) is 0 Å². The summed E-state index contributed by atoms with van der Waals surface area (Å²) in [5, 5.41) is 3.11. The Morgan fingerprint density at radius 2 is 1.79 bits per heavy atom. The van der Waals surface area contributed by atoms with Crippen molar-refractivity contribution >= 4 is 11.3 Å². The average molecular weight is 187 g/mol. The molecule has 1 nitrogen and oxygen atoms in total. The van der Waals surface area contributed by atoms with Crippen LogP contribution < -0.4 is 5.32 Å². The van der Waals surface area contributed by atoms with Gasteiger partial charge in [-0.25, -0.2) is 0 Å². The smallest absolute Gasteiger partial charge is 0.0337 e. The Morgan fingerprint density at radius 3 is 2.21 bits per heavy atom. The van der Waals surface area contributed by atoms with Crippen LogP contribution in [0.5, 0.6) is 0 Å². The van der Waals surface area contributed by atoms with Crippen molar-refractivity contribution in [3.63, 3.8) is 0 Å². The number of nitrogens with one attached hydrogen (secondary N) is 1. The highest BCUT2D eigenvalue weighted by molar-refractivity contribution is 5.74. The highest BCUT2D eigenvalue weighted by Gasteiger charge is 1.95. The van der Waals surface area contributed by atoms with Crippen LogP contribution in [0.1, 0.15) is 19.4 Å². The maximum Gasteiger partial charge on any atom is 0.0337 e. The number of hydrogen-bond acceptors (Lipinski definition) is 1. The van der Waals surface area contributed by atoms with Gasteiger partial charge in [0.05, 0.1) is 0 Å². The zero-order chi connectivity index (χ0) is 10.4. The van der Waals surface area contributed by atoms with E-state index in [9.17, 15) is 0 Å². The van der Waals surface area contributed by atoms with Gasteiger partial charge in [-0.05, 0) is 37.1 Å². The van der Waals surface area contributed by atoms with Gasteiger partial charge in [0.25, 0.3) is 0 Å². The molecule has 1 heteroatoms. The quantitative estimate of drug-likeness (QED) is 0.711. The molecular weight excluding hydrogens is 170 g/mol. The maximum atomic E-state index is 3.11. The summed E-state index contributed by atoms with van der Waals surface area (Å²) in [5.41, 5.74) is 3.66. The molecule has 0 aromatic heterocycles. The number of rotatable bonds is 3. The number of allylic oxidation sites excluding steroid dienone is 4. The van der Waals surface area contributed by atoms with Gasteiger partial charge in [0, 0.05) is 12.7 Å². The van der Waals surface area contributed by atoms with Crippen molar-refractivity contribution in [2.45, 2.75) is 13.8 Å². The second-order valence-electron chi connectivity index (χ2n) is 3.07. The van der Waals surface area contributed by atoms with Gasteiger partial charge in [-0.3, -0.25) is 0 Å². The molecule has 0 aliphatic rings. The first-order valence-corrected chi connectivity index (χ1v) is 4.89. The molecule has 0 saturated heterocycles. The maximum absolute atomic E-state index is 3.11. The van der Waals surface area contributed by atoms with E-state index in [0.717, 1.165) is 5.69 Å². The Balaban J connectivity index is 2.96. The third-order valence-electron chi connectivity index (χ3n) is 2.16. The topological polar surface area (TPSA) is 12.0 Å². The van der Waals surface area contributed by atoms with E-state index in [0.29, 0.717) is 0 Å². The van der Waals surface area contributed by atoms with Crippen LogP contribution in [0.3, 0.4) is 0 Å². The van der Waals surface area contributed by atoms with Crippen LogP contribution in [-0.4, -0.2) is 7.05 Å². The number of benzene rings is 1. The van der Waals surface area contributed by atoms with Gasteiger partial charge in [0.2, 0.25) is 0 Å². The first kappa shape index (κ1) is 10.6. The van der Waals surface area contributed by atoms with Gasteiger partial charge >= 0.3 is 0 Å². The molecule has 0 spiro atoms. The van der Waals surface area contributed by atoms with E-state index >= 15 is 0 Å². The molecule has 0 saturated carbocycles. The summed E-state index contributed by atoms with van der Waals surface area (Å²) in [7, 11) is 1.93. The second kappa shape index (κ2) is 5.28. The predicted octanol–water partition coefficient (Wildman–Crippen LogP) is 3.71. The lowest BCUT2D eigenvalue weighted by atomic mass is 10.1. The number of hydrogen-bond donors (Lipinski definition) is 1. The lowest BCUT2D eigenvalue weighted by Gasteiger charge is -2.04. The average Bonchev–Trinajstić information content (AvgIpc) is 2.26. The molecule has 1 aromatic rings. The van der Waals surface area contributed by atoms with Gasteiger partial charge in [-0.2, -0.15) is 0 Å². The fourth-order valence-corrected chi connectivity index (χ4v) is 1.37. The normalized spacial score (nSPS) is 12.1. The van der Waals surface area contributed by atoms with Crippen molar-refractivity contribution in [3.05, 3.63) is 48.1 Å². The minimum Gasteiger partial charge on any atom is -0.388 e. The van der Waals surface area contributed by atoms with Gasteiger partial charge in [0.15, 0.2) is 0 Å². The largest absolute Gasteiger partial charge is 0.388 e. The zero-order valence-electron chi connectivity index (χ0n) is 9.04. The molecule has 0 unspecified atom stereocenters. The van der Waals surface area contributed by atoms with E-state index in [2.05, 4.69) is 54.7 Å². The summed E-state index contributed by atoms with van der Waals surface area (Å²) in [6, 6.07) is 8.42. The predicted molar refractivity (Wildman–Crippen MR) is 64.5 cm³/mol. The van der Waals surface area contributed by atoms with Crippen LogP contribution in [-0.2, 0) is 0 Å². The molecule has 1 aromatic carbocycles. The minimum absolute atomic E-state index is 1.14. The van der Waals surface area contributed by atoms with E-state index < -0.39 is 0 Å². The summed E-state index contributed by atoms with van der Waals surface area (Å²) >= 11 is 0. The highest BCUT2D eigenvalue weighted by Crippen LogP contribution is 2.18. The standard InChI is InChI=1S/C13H17N/c1-4-6-11(5-2)12-7-9-13(14-3)10-8-12/h4-10,14H,1-3H3/b6-4-,11-5+. The van der Waals surface area contributed by atoms with Crippen LogP contribution in [0.15, 0.2) is 42.5 Å². The molecule has 0 atom stereocenters. The molecule has 0 aliphatic carbocycles. The molecule has 0 heterocycles. The Morgan fingerprint density at radius 1 is 1.14 bits per heavy atom. The SMILES string of the molecule is C/C=C\C(=C/C)c1ccc(NC)cc1. The molecule has 0 fully saturated rings. The fourth-order valence-electron chi connectivity index (χ4n) is 1.37. The van der Waals surface area contributed by atoms with Crippen LogP contribution in [0.25, 0.3) is 5.57 Å². The van der Waals surface area contributed by atoms with Crippen molar-refractivity contribution in [1.29, 1.82) is 0 Å². The molecule has 0 bridgehead atoms. The van der Waals surface area contributed by atoms with Gasteiger partial charge < -0.3 is 5.32 Å². The summed E-state index contributed by atoms with van der Waals surface area (Å²) in [5.74, 6) is 0. The Hall–Kier alpha value is -1.50. The summed E-state index contributed by atoms with van der Waals surface area (Å²) in [6.07, 6.45) is 6.30. The fraction of sp³-hybridized carbons (Fsp3) is 0.231. The zero-order valence-corrected chi connectivity index (χ0v) is 9.04. The molecule has 1 rings (SSSR count). The van der Waals surface area contributed by atoms with Crippen molar-refractivity contribution in [2.75, 3.05) is 12.4 Å². The Bertz CT molecular complexity index is 331. The lowest BCUT2D eigenvalue weighted by molar-refractivity contribution is 1.49. The van der Waals surface area contributed by atoms with Crippen molar-refractivity contribution in [1.82, 2.24) is 0 Å². The summed E-state index contributed by atoms with van der Waals surface area (Å²) in [4.78, 5) is 0. The monoisotopic (exact) mass is 187 g/mol. The molecule has 1 N–H and O–H groups in total. The molecule has 74 valence electrons.